The summed E-state index contributed by atoms with van der Waals surface area (Å²) >= 11 is 0. The maximum Gasteiger partial charge on any atom is 0.320 e. The molecule has 0 aliphatic heterocycles. The van der Waals surface area contributed by atoms with Gasteiger partial charge < -0.3 is 21.7 Å². The summed E-state index contributed by atoms with van der Waals surface area (Å²) in [5, 5.41) is 18.3. The van der Waals surface area contributed by atoms with E-state index in [9.17, 15) is 28.8 Å². The molecule has 0 fully saturated rings. The fourth-order valence-corrected chi connectivity index (χ4v) is 4.07. The predicted molar refractivity (Wildman–Crippen MR) is 136 cm³/mol. The van der Waals surface area contributed by atoms with E-state index in [1.165, 1.54) is 60.7 Å². The number of rotatable bonds is 12. The number of hydrogen-bond donors (Lipinski definition) is 4. The maximum atomic E-state index is 13.6. The first-order valence-electron chi connectivity index (χ1n) is 11.4. The Balaban J connectivity index is 2.08. The topological polar surface area (TPSA) is 195 Å². The van der Waals surface area contributed by atoms with Crippen LogP contribution in [0.3, 0.4) is 0 Å². The lowest BCUT2D eigenvalue weighted by Gasteiger charge is -2.15. The molecular weight excluding hydrogens is 492 g/mol. The number of benzene rings is 3. The number of aliphatic carboxylic acids is 2. The monoisotopic (exact) mass is 516 g/mol. The molecule has 10 nitrogen and oxygen atoms in total. The summed E-state index contributed by atoms with van der Waals surface area (Å²) < 4.78 is 0. The molecule has 2 atom stereocenters. The second-order valence-corrected chi connectivity index (χ2v) is 8.49. The van der Waals surface area contributed by atoms with Crippen molar-refractivity contribution in [3.63, 3.8) is 0 Å². The minimum absolute atomic E-state index is 0.0466. The Kier molecular flexibility index (Phi) is 8.74. The van der Waals surface area contributed by atoms with Gasteiger partial charge >= 0.3 is 11.9 Å². The van der Waals surface area contributed by atoms with E-state index in [4.69, 9.17) is 21.7 Å². The standard InChI is InChI=1S/C28H24N2O8/c29-23(27(35)36)11-15-5-3-9-19(21(15)13-31)25(33)17-7-1-2-8-18(17)26(34)20-10-4-6-16(22(20)14-32)12-24(30)28(37)38/h1-10,13-14,23-24H,11-12,29-30H2,(H,35,36)(H,37,38)/t23-,24-/m1/s1. The third-order valence-corrected chi connectivity index (χ3v) is 6.05. The number of carboxylic acid groups (broad SMARTS) is 2. The minimum Gasteiger partial charge on any atom is -0.480 e. The van der Waals surface area contributed by atoms with Gasteiger partial charge in [0.2, 0.25) is 0 Å². The highest BCUT2D eigenvalue weighted by Gasteiger charge is 2.26. The van der Waals surface area contributed by atoms with E-state index >= 15 is 0 Å². The summed E-state index contributed by atoms with van der Waals surface area (Å²) in [5.41, 5.74) is 11.4. The minimum atomic E-state index is -1.30. The second kappa shape index (κ2) is 12.0. The number of ketones is 2. The van der Waals surface area contributed by atoms with Crippen LogP contribution in [-0.4, -0.2) is 58.4 Å². The number of hydrogen-bond acceptors (Lipinski definition) is 8. The van der Waals surface area contributed by atoms with Crippen molar-refractivity contribution in [2.45, 2.75) is 24.9 Å². The molecule has 0 aromatic heterocycles. The molecule has 0 radical (unpaired) electrons. The summed E-state index contributed by atoms with van der Waals surface area (Å²) in [4.78, 5) is 73.4. The lowest BCUT2D eigenvalue weighted by Crippen LogP contribution is -2.32. The Morgan fingerprint density at radius 1 is 0.605 bits per heavy atom. The maximum absolute atomic E-state index is 13.6. The van der Waals surface area contributed by atoms with Crippen molar-refractivity contribution in [3.8, 4) is 0 Å². The van der Waals surface area contributed by atoms with Crippen molar-refractivity contribution >= 4 is 36.1 Å². The fraction of sp³-hybridized carbons (Fsp3) is 0.143. The van der Waals surface area contributed by atoms with Crippen LogP contribution in [0.2, 0.25) is 0 Å². The van der Waals surface area contributed by atoms with Crippen LogP contribution in [0.5, 0.6) is 0 Å². The Labute approximate surface area is 216 Å². The van der Waals surface area contributed by atoms with Gasteiger partial charge in [-0.15, -0.1) is 0 Å². The fourth-order valence-electron chi connectivity index (χ4n) is 4.07. The van der Waals surface area contributed by atoms with E-state index in [1.807, 2.05) is 0 Å². The summed E-state index contributed by atoms with van der Waals surface area (Å²) in [5.74, 6) is -3.88. The van der Waals surface area contributed by atoms with Crippen molar-refractivity contribution in [3.05, 3.63) is 105 Å². The highest BCUT2D eigenvalue weighted by molar-refractivity contribution is 6.22. The van der Waals surface area contributed by atoms with Gasteiger partial charge in [0.05, 0.1) is 0 Å². The molecule has 0 bridgehead atoms. The quantitative estimate of drug-likeness (QED) is 0.203. The first kappa shape index (κ1) is 27.8. The number of carbonyl (C=O) groups is 6. The lowest BCUT2D eigenvalue weighted by atomic mass is 9.87. The number of carbonyl (C=O) groups excluding carboxylic acids is 4. The van der Waals surface area contributed by atoms with E-state index in [-0.39, 0.29) is 57.3 Å². The van der Waals surface area contributed by atoms with Crippen molar-refractivity contribution in [1.29, 1.82) is 0 Å². The normalized spacial score (nSPS) is 12.3. The SMILES string of the molecule is N[C@H](Cc1cccc(C(=O)c2ccccc2C(=O)c2cccc(C[C@@H](N)C(=O)O)c2C=O)c1C=O)C(=O)O. The summed E-state index contributed by atoms with van der Waals surface area (Å²) in [6, 6.07) is 12.0. The first-order valence-corrected chi connectivity index (χ1v) is 11.4. The molecule has 0 spiro atoms. The van der Waals surface area contributed by atoms with Crippen molar-refractivity contribution < 1.29 is 39.0 Å². The van der Waals surface area contributed by atoms with Gasteiger partial charge in [-0.2, -0.15) is 0 Å². The van der Waals surface area contributed by atoms with E-state index in [0.717, 1.165) is 0 Å². The molecule has 0 saturated carbocycles. The molecule has 3 rings (SSSR count). The molecule has 0 unspecified atom stereocenters. The van der Waals surface area contributed by atoms with Crippen LogP contribution < -0.4 is 11.5 Å². The van der Waals surface area contributed by atoms with Gasteiger partial charge in [-0.25, -0.2) is 0 Å². The third-order valence-electron chi connectivity index (χ3n) is 6.05. The van der Waals surface area contributed by atoms with Gasteiger partial charge in [-0.05, 0) is 24.0 Å². The van der Waals surface area contributed by atoms with Gasteiger partial charge in [0.25, 0.3) is 0 Å². The Morgan fingerprint density at radius 3 is 1.26 bits per heavy atom. The van der Waals surface area contributed by atoms with Gasteiger partial charge in [-0.1, -0.05) is 60.7 Å². The van der Waals surface area contributed by atoms with E-state index in [1.54, 1.807) is 0 Å². The molecule has 0 saturated heterocycles. The van der Waals surface area contributed by atoms with Gasteiger partial charge in [-0.3, -0.25) is 28.8 Å². The molecule has 3 aromatic carbocycles. The third kappa shape index (κ3) is 5.77. The average Bonchev–Trinajstić information content (AvgIpc) is 2.91. The highest BCUT2D eigenvalue weighted by Crippen LogP contribution is 2.24. The Hall–Kier alpha value is -4.80. The van der Waals surface area contributed by atoms with Crippen molar-refractivity contribution in [1.82, 2.24) is 0 Å². The lowest BCUT2D eigenvalue weighted by molar-refractivity contribution is -0.139. The molecule has 0 heterocycles. The van der Waals surface area contributed by atoms with E-state index in [0.29, 0.717) is 12.6 Å². The van der Waals surface area contributed by atoms with Crippen molar-refractivity contribution in [2.75, 3.05) is 0 Å². The van der Waals surface area contributed by atoms with Gasteiger partial charge in [0.15, 0.2) is 24.1 Å². The first-order chi connectivity index (χ1) is 18.1. The molecule has 38 heavy (non-hydrogen) atoms. The van der Waals surface area contributed by atoms with Gasteiger partial charge in [0.1, 0.15) is 12.1 Å². The Morgan fingerprint density at radius 2 is 0.947 bits per heavy atom. The van der Waals surface area contributed by atoms with Crippen LogP contribution >= 0.6 is 0 Å². The zero-order valence-corrected chi connectivity index (χ0v) is 20.0. The average molecular weight is 517 g/mol. The van der Waals surface area contributed by atoms with Crippen LogP contribution in [0.4, 0.5) is 0 Å². The van der Waals surface area contributed by atoms with Crippen molar-refractivity contribution in [2.24, 2.45) is 11.5 Å². The molecule has 6 N–H and O–H groups in total. The van der Waals surface area contributed by atoms with Crippen LogP contribution in [0.25, 0.3) is 0 Å². The van der Waals surface area contributed by atoms with Crippen LogP contribution in [0, 0.1) is 0 Å². The van der Waals surface area contributed by atoms with Crippen LogP contribution in [0.15, 0.2) is 60.7 Å². The smallest absolute Gasteiger partial charge is 0.320 e. The van der Waals surface area contributed by atoms with Crippen LogP contribution in [0.1, 0.15) is 63.7 Å². The number of nitrogens with two attached hydrogens (primary N) is 2. The van der Waals surface area contributed by atoms with Crippen LogP contribution in [-0.2, 0) is 22.4 Å². The summed E-state index contributed by atoms with van der Waals surface area (Å²) in [6.45, 7) is 0. The molecule has 0 amide bonds. The molecule has 3 aromatic rings. The molecular formula is C28H24N2O8. The zero-order valence-electron chi connectivity index (χ0n) is 20.0. The second-order valence-electron chi connectivity index (χ2n) is 8.49. The van der Waals surface area contributed by atoms with E-state index in [2.05, 4.69) is 0 Å². The van der Waals surface area contributed by atoms with E-state index < -0.39 is 35.6 Å². The number of carboxylic acids is 2. The molecule has 10 heteroatoms. The highest BCUT2D eigenvalue weighted by atomic mass is 16.4. The Bertz CT molecular complexity index is 1340. The predicted octanol–water partition coefficient (Wildman–Crippen LogP) is 1.68. The molecule has 0 aliphatic rings. The molecule has 0 aliphatic carbocycles. The largest absolute Gasteiger partial charge is 0.480 e. The van der Waals surface area contributed by atoms with Gasteiger partial charge in [0, 0.05) is 33.4 Å². The zero-order chi connectivity index (χ0) is 28.0. The number of aldehydes is 2. The molecule has 194 valence electrons. The summed E-state index contributed by atoms with van der Waals surface area (Å²) in [6.07, 6.45) is 0.473. The summed E-state index contributed by atoms with van der Waals surface area (Å²) in [7, 11) is 0.